The number of nitrogens with zero attached hydrogens (tertiary/aromatic N) is 5. The third-order valence-electron chi connectivity index (χ3n) is 31.1. The van der Waals surface area contributed by atoms with Crippen LogP contribution in [0.2, 0.25) is 0 Å². The molecule has 0 aliphatic heterocycles. The van der Waals surface area contributed by atoms with Gasteiger partial charge in [0.05, 0.1) is 49.9 Å². The van der Waals surface area contributed by atoms with Gasteiger partial charge in [-0.3, -0.25) is 4.98 Å². The van der Waals surface area contributed by atoms with Gasteiger partial charge in [-0.05, 0) is 244 Å². The zero-order valence-corrected chi connectivity index (χ0v) is 77.1. The van der Waals surface area contributed by atoms with Crippen LogP contribution >= 0.6 is 0 Å². The number of fused-ring (bicyclic) bond motifs is 36. The van der Waals surface area contributed by atoms with Crippen molar-refractivity contribution in [1.29, 1.82) is 0 Å². The molecule has 0 saturated heterocycles. The molecule has 0 N–H and O–H groups in total. The molecule has 6 aromatic heterocycles. The highest BCUT2D eigenvalue weighted by molar-refractivity contribution is 6.16. The van der Waals surface area contributed by atoms with Gasteiger partial charge < -0.3 is 4.42 Å². The fourth-order valence-corrected chi connectivity index (χ4v) is 25.4. The number of benzene rings is 19. The quantitative estimate of drug-likeness (QED) is 0.151. The molecule has 0 bridgehead atoms. The lowest BCUT2D eigenvalue weighted by Gasteiger charge is -2.30. The highest BCUT2D eigenvalue weighted by Crippen LogP contribution is 2.68. The van der Waals surface area contributed by atoms with Gasteiger partial charge in [0, 0.05) is 56.2 Å². The standard InChI is InChI=1S/C46H27NO.2C45H28N2/c1-6-20-36-28(13-1)29-14-2-7-21-37(29)46(36)38-22-8-3-16-32(38)44-33(19-11-23-39(44)46)41-27-35(30-15-4-9-24-40(30)47-41)31-18-12-26-43-45(31)34-17-5-10-25-42(34)48-43;1-2-12-29(13-3-1)30-23-25-31(26-24-30)37-28-42(47-44-34(37)18-11-27-46-44)36-17-10-22-41-43(36)35-16-6-9-21-40(35)45(41)38-19-7-4-14-32(38)33-15-5-8-20-39(33)45;1-2-12-29(13-3-1)30-23-25-31(26-24-30)36-28-42(47-41-22-11-27-46-44(36)41)35-17-10-21-40-43(35)34-16-6-9-20-39(34)45(40)37-18-7-4-14-32(37)33-15-5-8-19-38(33)45/h1-27H;2*1-28H. The maximum absolute atomic E-state index is 6.34. The van der Waals surface area contributed by atoms with Gasteiger partial charge in [0.25, 0.3) is 0 Å². The van der Waals surface area contributed by atoms with Gasteiger partial charge >= 0.3 is 0 Å². The number of furan rings is 1. The van der Waals surface area contributed by atoms with Crippen molar-refractivity contribution in [2.75, 3.05) is 0 Å². The summed E-state index contributed by atoms with van der Waals surface area (Å²) in [5.74, 6) is 0. The number of hydrogen-bond donors (Lipinski definition) is 0. The van der Waals surface area contributed by atoms with Crippen LogP contribution in [0, 0.1) is 0 Å². The Kier molecular flexibility index (Phi) is 18.1. The van der Waals surface area contributed by atoms with Crippen LogP contribution < -0.4 is 0 Å². The summed E-state index contributed by atoms with van der Waals surface area (Å²) in [5, 5.41) is 4.44. The van der Waals surface area contributed by atoms with E-state index in [1.165, 1.54) is 156 Å². The summed E-state index contributed by atoms with van der Waals surface area (Å²) in [6.45, 7) is 0. The van der Waals surface area contributed by atoms with Crippen molar-refractivity contribution in [3.8, 4) is 156 Å². The molecule has 6 nitrogen and oxygen atoms in total. The Balaban J connectivity index is 0.000000102. The molecule has 0 atom stereocenters. The Morgan fingerprint density at radius 1 is 0.169 bits per heavy atom. The zero-order chi connectivity index (χ0) is 93.3. The van der Waals surface area contributed by atoms with E-state index >= 15 is 0 Å². The molecule has 6 aliphatic carbocycles. The lowest BCUT2D eigenvalue weighted by atomic mass is 9.70. The van der Waals surface area contributed by atoms with Crippen molar-refractivity contribution in [3.05, 3.63) is 571 Å². The molecule has 0 fully saturated rings. The topological polar surface area (TPSA) is 77.6 Å². The summed E-state index contributed by atoms with van der Waals surface area (Å²) in [7, 11) is 0. The van der Waals surface area contributed by atoms with E-state index in [0.29, 0.717) is 0 Å². The van der Waals surface area contributed by atoms with Crippen molar-refractivity contribution in [3.63, 3.8) is 0 Å². The van der Waals surface area contributed by atoms with E-state index in [0.717, 1.165) is 122 Å². The molecule has 6 heterocycles. The maximum Gasteiger partial charge on any atom is 0.160 e. The van der Waals surface area contributed by atoms with E-state index in [2.05, 4.69) is 473 Å². The van der Waals surface area contributed by atoms with Gasteiger partial charge in [-0.1, -0.05) is 431 Å². The highest BCUT2D eigenvalue weighted by Gasteiger charge is 2.56. The van der Waals surface area contributed by atoms with Gasteiger partial charge in [0.15, 0.2) is 5.65 Å². The third-order valence-corrected chi connectivity index (χ3v) is 31.1. The summed E-state index contributed by atoms with van der Waals surface area (Å²) >= 11 is 0. The largest absolute Gasteiger partial charge is 0.456 e. The van der Waals surface area contributed by atoms with Crippen molar-refractivity contribution in [1.82, 2.24) is 24.9 Å². The van der Waals surface area contributed by atoms with E-state index in [1.54, 1.807) is 0 Å². The monoisotopic (exact) mass is 1800 g/mol. The smallest absolute Gasteiger partial charge is 0.160 e. The molecule has 6 aliphatic rings. The maximum atomic E-state index is 6.34. The summed E-state index contributed by atoms with van der Waals surface area (Å²) in [6, 6.07) is 178. The molecule has 0 radical (unpaired) electrons. The summed E-state index contributed by atoms with van der Waals surface area (Å²) in [5.41, 5.74) is 53.5. The summed E-state index contributed by atoms with van der Waals surface area (Å²) < 4.78 is 6.34. The number of pyridine rings is 5. The molecule has 0 saturated carbocycles. The second-order valence-corrected chi connectivity index (χ2v) is 37.9. The molecule has 25 aromatic rings. The fraction of sp³-hybridized carbons (Fsp3) is 0.0221. The molecule has 0 unspecified atom stereocenters. The molecule has 19 aromatic carbocycles. The lowest BCUT2D eigenvalue weighted by Crippen LogP contribution is -2.25. The van der Waals surface area contributed by atoms with Crippen LogP contribution in [0.4, 0.5) is 0 Å². The summed E-state index contributed by atoms with van der Waals surface area (Å²) in [4.78, 5) is 25.5. The SMILES string of the molecule is c1ccc(-c2ccc(-c3cc(-c4cccc5c4-c4ccccc4C54c5ccccc5-c5ccccc54)nc4cccnc34)cc2)cc1.c1ccc(-c2ccc(-c3cc(-c4cccc5c4-c4ccccc4C54c5ccccc5-c5ccccc54)nc4ncccc34)cc2)cc1.c1ccc2c(c1)-c1ccccc1C21c2ccccc2-c2c(-c3cc(-c4cccc5oc6ccccc6c45)c4ccccc4n3)cccc21. The van der Waals surface area contributed by atoms with E-state index in [4.69, 9.17) is 29.3 Å². The molecule has 31 rings (SSSR count). The Morgan fingerprint density at radius 2 is 0.465 bits per heavy atom. The minimum absolute atomic E-state index is 0.385. The predicted molar refractivity (Wildman–Crippen MR) is 580 cm³/mol. The molecule has 142 heavy (non-hydrogen) atoms. The van der Waals surface area contributed by atoms with Crippen LogP contribution in [0.3, 0.4) is 0 Å². The number of para-hydroxylation sites is 2. The molecule has 6 heteroatoms. The second-order valence-electron chi connectivity index (χ2n) is 37.9. The Labute approximate surface area is 821 Å². The number of rotatable bonds is 8. The minimum Gasteiger partial charge on any atom is -0.456 e. The first-order valence-electron chi connectivity index (χ1n) is 48.9. The first-order chi connectivity index (χ1) is 70.5. The van der Waals surface area contributed by atoms with Gasteiger partial charge in [-0.2, -0.15) is 0 Å². The van der Waals surface area contributed by atoms with E-state index < -0.39 is 5.41 Å². The van der Waals surface area contributed by atoms with E-state index in [-0.39, 0.29) is 10.8 Å². The molecule has 3 spiro atoms. The molecular weight excluding hydrogens is 1720 g/mol. The number of hydrogen-bond acceptors (Lipinski definition) is 6. The van der Waals surface area contributed by atoms with Gasteiger partial charge in [-0.25, -0.2) is 19.9 Å². The van der Waals surface area contributed by atoms with Gasteiger partial charge in [0.2, 0.25) is 0 Å². The van der Waals surface area contributed by atoms with E-state index in [9.17, 15) is 0 Å². The van der Waals surface area contributed by atoms with Crippen molar-refractivity contribution >= 4 is 54.9 Å². The van der Waals surface area contributed by atoms with Crippen LogP contribution in [0.1, 0.15) is 66.8 Å². The zero-order valence-electron chi connectivity index (χ0n) is 77.1. The Morgan fingerprint density at radius 3 is 0.930 bits per heavy atom. The van der Waals surface area contributed by atoms with Crippen LogP contribution in [0.15, 0.2) is 508 Å². The van der Waals surface area contributed by atoms with Gasteiger partial charge in [-0.15, -0.1) is 0 Å². The molecule has 658 valence electrons. The Hall–Kier alpha value is -18.5. The Bertz CT molecular complexity index is 9070. The average Bonchev–Trinajstić information content (AvgIpc) is 1.51. The van der Waals surface area contributed by atoms with Gasteiger partial charge in [0.1, 0.15) is 11.2 Å². The van der Waals surface area contributed by atoms with Crippen molar-refractivity contribution in [2.45, 2.75) is 16.2 Å². The molecule has 0 amide bonds. The van der Waals surface area contributed by atoms with Crippen LogP contribution in [0.25, 0.3) is 211 Å². The average molecular weight is 1800 g/mol. The van der Waals surface area contributed by atoms with Crippen LogP contribution in [-0.2, 0) is 16.2 Å². The number of aromatic nitrogens is 5. The summed E-state index contributed by atoms with van der Waals surface area (Å²) in [6.07, 6.45) is 3.70. The minimum atomic E-state index is -0.393. The normalized spacial score (nSPS) is 13.4. The van der Waals surface area contributed by atoms with Crippen molar-refractivity contribution in [2.24, 2.45) is 0 Å². The fourth-order valence-electron chi connectivity index (χ4n) is 25.4. The van der Waals surface area contributed by atoms with Crippen LogP contribution in [0.5, 0.6) is 0 Å². The molecular formula is C136H83N5O. The second kappa shape index (κ2) is 31.8. The highest BCUT2D eigenvalue weighted by atomic mass is 16.3. The third kappa shape index (κ3) is 11.7. The van der Waals surface area contributed by atoms with Crippen molar-refractivity contribution < 1.29 is 4.42 Å². The lowest BCUT2D eigenvalue weighted by molar-refractivity contribution is 0.669. The predicted octanol–water partition coefficient (Wildman–Crippen LogP) is 33.8. The first kappa shape index (κ1) is 80.8. The first-order valence-corrected chi connectivity index (χ1v) is 48.9. The van der Waals surface area contributed by atoms with E-state index in [1.807, 2.05) is 30.6 Å². The van der Waals surface area contributed by atoms with Crippen LogP contribution in [-0.4, -0.2) is 24.9 Å².